The monoisotopic (exact) mass is 401 g/mol. The summed E-state index contributed by atoms with van der Waals surface area (Å²) in [5, 5.41) is 3.66. The molecule has 2 aliphatic heterocycles. The Labute approximate surface area is 179 Å². The maximum absolute atomic E-state index is 13.8. The zero-order chi connectivity index (χ0) is 21.5. The molecule has 1 atom stereocenters. The number of anilines is 1. The minimum Gasteiger partial charge on any atom is -0.386 e. The summed E-state index contributed by atoms with van der Waals surface area (Å²) in [6.45, 7) is 11.4. The van der Waals surface area contributed by atoms with Gasteiger partial charge in [-0.25, -0.2) is 0 Å². The fraction of sp³-hybridized carbons (Fsp3) is 0.385. The lowest BCUT2D eigenvalue weighted by Crippen LogP contribution is -2.35. The third-order valence-corrected chi connectivity index (χ3v) is 5.72. The summed E-state index contributed by atoms with van der Waals surface area (Å²) in [6.07, 6.45) is 0.892. The third-order valence-electron chi connectivity index (χ3n) is 5.72. The van der Waals surface area contributed by atoms with Crippen LogP contribution < -0.4 is 10.2 Å². The van der Waals surface area contributed by atoms with Gasteiger partial charge in [0.1, 0.15) is 5.71 Å². The summed E-state index contributed by atoms with van der Waals surface area (Å²) < 4.78 is 0. The van der Waals surface area contributed by atoms with E-state index in [1.165, 1.54) is 5.56 Å². The Kier molecular flexibility index (Phi) is 5.27. The second kappa shape index (κ2) is 7.75. The number of nitrogens with one attached hydrogen (secondary N) is 1. The number of fused-ring (bicyclic) bond motifs is 1. The van der Waals surface area contributed by atoms with E-state index in [0.717, 1.165) is 35.5 Å². The van der Waals surface area contributed by atoms with Gasteiger partial charge in [-0.15, -0.1) is 0 Å². The second-order valence-corrected chi connectivity index (χ2v) is 9.44. The Balaban J connectivity index is 1.97. The van der Waals surface area contributed by atoms with Gasteiger partial charge in [-0.1, -0.05) is 61.9 Å². The quantitative estimate of drug-likeness (QED) is 0.765. The number of allylic oxidation sites excluding steroid dienone is 1. The number of para-hydroxylation sites is 1. The fourth-order valence-electron chi connectivity index (χ4n) is 4.29. The predicted molar refractivity (Wildman–Crippen MR) is 124 cm³/mol. The zero-order valence-electron chi connectivity index (χ0n) is 18.6. The molecule has 0 spiro atoms. The molecule has 1 unspecified atom stereocenters. The predicted octanol–water partition coefficient (Wildman–Crippen LogP) is 5.21. The van der Waals surface area contributed by atoms with E-state index < -0.39 is 0 Å². The van der Waals surface area contributed by atoms with Crippen molar-refractivity contribution in [1.29, 1.82) is 0 Å². The van der Waals surface area contributed by atoms with Crippen LogP contribution in [0.5, 0.6) is 0 Å². The van der Waals surface area contributed by atoms with E-state index in [9.17, 15) is 4.79 Å². The van der Waals surface area contributed by atoms with Crippen molar-refractivity contribution in [2.45, 2.75) is 52.6 Å². The van der Waals surface area contributed by atoms with Crippen LogP contribution in [0.1, 0.15) is 51.3 Å². The largest absolute Gasteiger partial charge is 0.386 e. The summed E-state index contributed by atoms with van der Waals surface area (Å²) in [5.74, 6) is 0.460. The number of aryl methyl sites for hydroxylation is 1. The first-order valence-corrected chi connectivity index (χ1v) is 10.8. The minimum absolute atomic E-state index is 0.0141. The van der Waals surface area contributed by atoms with Crippen LogP contribution in [-0.4, -0.2) is 23.7 Å². The van der Waals surface area contributed by atoms with Crippen LogP contribution in [0.4, 0.5) is 5.69 Å². The lowest BCUT2D eigenvalue weighted by Gasteiger charge is -2.28. The van der Waals surface area contributed by atoms with Gasteiger partial charge in [-0.3, -0.25) is 14.7 Å². The van der Waals surface area contributed by atoms with Gasteiger partial charge >= 0.3 is 0 Å². The summed E-state index contributed by atoms with van der Waals surface area (Å²) in [6, 6.07) is 18.3. The van der Waals surface area contributed by atoms with Crippen LogP contribution >= 0.6 is 0 Å². The molecule has 2 heterocycles. The number of hydrogen-bond donors (Lipinski definition) is 1. The standard InChI is InChI=1S/C26H31N3O/c1-17(2)15-21-22-23(28-26(4,5)16-27-21)25(30)29(20-9-7-6-8-10-20)24(22)19-13-11-18(3)12-14-19/h6-14,17,24,27H,15-16H2,1-5H3. The van der Waals surface area contributed by atoms with Crippen LogP contribution in [0.2, 0.25) is 0 Å². The molecule has 0 aliphatic carbocycles. The average Bonchev–Trinajstić information content (AvgIpc) is 2.90. The van der Waals surface area contributed by atoms with Crippen LogP contribution in [-0.2, 0) is 4.79 Å². The summed E-state index contributed by atoms with van der Waals surface area (Å²) in [7, 11) is 0. The molecule has 4 nitrogen and oxygen atoms in total. The van der Waals surface area contributed by atoms with Crippen molar-refractivity contribution in [2.75, 3.05) is 11.4 Å². The first-order valence-electron chi connectivity index (χ1n) is 10.8. The van der Waals surface area contributed by atoms with Gasteiger partial charge in [0.05, 0.1) is 11.6 Å². The third kappa shape index (κ3) is 3.79. The van der Waals surface area contributed by atoms with Crippen molar-refractivity contribution in [1.82, 2.24) is 5.32 Å². The number of aliphatic imine (C=N–C) groups is 1. The lowest BCUT2D eigenvalue weighted by molar-refractivity contribution is -0.112. The number of rotatable bonds is 4. The average molecular weight is 402 g/mol. The molecule has 1 N–H and O–H groups in total. The van der Waals surface area contributed by atoms with Crippen molar-refractivity contribution in [3.63, 3.8) is 0 Å². The molecule has 4 heteroatoms. The fourth-order valence-corrected chi connectivity index (χ4v) is 4.29. The van der Waals surface area contributed by atoms with Gasteiger partial charge in [0.2, 0.25) is 0 Å². The van der Waals surface area contributed by atoms with E-state index in [2.05, 4.69) is 64.2 Å². The lowest BCUT2D eigenvalue weighted by atomic mass is 9.93. The van der Waals surface area contributed by atoms with E-state index in [-0.39, 0.29) is 17.5 Å². The highest BCUT2D eigenvalue weighted by atomic mass is 16.2. The maximum atomic E-state index is 13.8. The molecule has 1 fully saturated rings. The van der Waals surface area contributed by atoms with Gasteiger partial charge in [0.15, 0.2) is 0 Å². The summed E-state index contributed by atoms with van der Waals surface area (Å²) in [4.78, 5) is 20.7. The first-order chi connectivity index (χ1) is 14.3. The number of benzene rings is 2. The summed E-state index contributed by atoms with van der Waals surface area (Å²) >= 11 is 0. The molecule has 2 aliphatic rings. The number of nitrogens with zero attached hydrogens (tertiary/aromatic N) is 2. The second-order valence-electron chi connectivity index (χ2n) is 9.44. The van der Waals surface area contributed by atoms with Crippen LogP contribution in [0.25, 0.3) is 0 Å². The maximum Gasteiger partial charge on any atom is 0.277 e. The molecule has 156 valence electrons. The molecule has 2 aromatic rings. The number of carbonyl (C=O) groups is 1. The highest BCUT2D eigenvalue weighted by Crippen LogP contribution is 2.43. The molecule has 0 aromatic heterocycles. The molecule has 4 rings (SSSR count). The highest BCUT2D eigenvalue weighted by Gasteiger charge is 2.46. The van der Waals surface area contributed by atoms with Gasteiger partial charge < -0.3 is 5.32 Å². The van der Waals surface area contributed by atoms with E-state index in [1.54, 1.807) is 0 Å². The van der Waals surface area contributed by atoms with Gasteiger partial charge in [0.25, 0.3) is 5.91 Å². The van der Waals surface area contributed by atoms with E-state index >= 15 is 0 Å². The van der Waals surface area contributed by atoms with E-state index in [1.807, 2.05) is 35.2 Å². The van der Waals surface area contributed by atoms with Crippen molar-refractivity contribution in [3.05, 3.63) is 77.0 Å². The zero-order valence-corrected chi connectivity index (χ0v) is 18.6. The van der Waals surface area contributed by atoms with E-state index in [4.69, 9.17) is 4.99 Å². The molecule has 1 amide bonds. The Morgan fingerprint density at radius 2 is 1.77 bits per heavy atom. The Hall–Kier alpha value is -2.88. The van der Waals surface area contributed by atoms with Crippen LogP contribution in [0, 0.1) is 12.8 Å². The number of amides is 1. The Morgan fingerprint density at radius 3 is 2.40 bits per heavy atom. The molecule has 0 radical (unpaired) electrons. The minimum atomic E-state index is -0.348. The SMILES string of the molecule is Cc1ccc(C2C3=C(CC(C)C)NCC(C)(C)N=C3C(=O)N2c2ccccc2)cc1. The van der Waals surface area contributed by atoms with Crippen molar-refractivity contribution in [3.8, 4) is 0 Å². The van der Waals surface area contributed by atoms with E-state index in [0.29, 0.717) is 11.6 Å². The molecule has 1 saturated heterocycles. The van der Waals surface area contributed by atoms with Crippen molar-refractivity contribution >= 4 is 17.3 Å². The molecular formula is C26H31N3O. The van der Waals surface area contributed by atoms with Gasteiger partial charge in [0, 0.05) is 23.5 Å². The van der Waals surface area contributed by atoms with Crippen molar-refractivity contribution < 1.29 is 4.79 Å². The van der Waals surface area contributed by atoms with Gasteiger partial charge in [-0.2, -0.15) is 0 Å². The Morgan fingerprint density at radius 1 is 1.10 bits per heavy atom. The number of carbonyl (C=O) groups excluding carboxylic acids is 1. The molecule has 30 heavy (non-hydrogen) atoms. The summed E-state index contributed by atoms with van der Waals surface area (Å²) in [5.41, 5.74) is 5.66. The molecule has 0 saturated carbocycles. The first kappa shape index (κ1) is 20.4. The topological polar surface area (TPSA) is 44.7 Å². The molecular weight excluding hydrogens is 370 g/mol. The highest BCUT2D eigenvalue weighted by molar-refractivity contribution is 6.53. The smallest absolute Gasteiger partial charge is 0.277 e. The number of hydrogen-bond acceptors (Lipinski definition) is 3. The van der Waals surface area contributed by atoms with Crippen LogP contribution in [0.15, 0.2) is 70.9 Å². The van der Waals surface area contributed by atoms with Crippen LogP contribution in [0.3, 0.4) is 0 Å². The van der Waals surface area contributed by atoms with Gasteiger partial charge in [-0.05, 0) is 50.8 Å². The normalized spacial score (nSPS) is 20.7. The Bertz CT molecular complexity index is 1000. The van der Waals surface area contributed by atoms with Crippen molar-refractivity contribution in [2.24, 2.45) is 10.9 Å². The molecule has 2 aromatic carbocycles. The molecule has 0 bridgehead atoms.